The van der Waals surface area contributed by atoms with Crippen LogP contribution in [-0.2, 0) is 22.4 Å². The molecule has 4 rings (SSSR count). The number of amides is 1. The summed E-state index contributed by atoms with van der Waals surface area (Å²) in [6.45, 7) is 8.95. The largest absolute Gasteiger partial charge is 0.462 e. The Labute approximate surface area is 204 Å². The van der Waals surface area contributed by atoms with E-state index in [1.807, 2.05) is 25.1 Å². The number of hydrogen-bond acceptors (Lipinski definition) is 5. The van der Waals surface area contributed by atoms with E-state index in [-0.39, 0.29) is 23.0 Å². The van der Waals surface area contributed by atoms with E-state index in [0.29, 0.717) is 23.1 Å². The Morgan fingerprint density at radius 3 is 2.64 bits per heavy atom. The molecule has 0 bridgehead atoms. The fraction of sp³-hybridized carbons (Fsp3) is 0.407. The molecule has 6 heteroatoms. The SMILES string of the molecule is CCOC(=O)c1c(NC(=O)CSc2ccc3ccccc3c2)sc2c1CC[C@H](C(C)(C)C)C2. The molecule has 0 unspecified atom stereocenters. The summed E-state index contributed by atoms with van der Waals surface area (Å²) in [6, 6.07) is 14.4. The average Bonchev–Trinajstić information content (AvgIpc) is 3.14. The highest BCUT2D eigenvalue weighted by molar-refractivity contribution is 8.00. The van der Waals surface area contributed by atoms with Crippen molar-refractivity contribution < 1.29 is 14.3 Å². The monoisotopic (exact) mass is 481 g/mol. The Morgan fingerprint density at radius 1 is 1.15 bits per heavy atom. The van der Waals surface area contributed by atoms with Crippen LogP contribution in [-0.4, -0.2) is 24.2 Å². The normalized spacial score (nSPS) is 15.8. The zero-order valence-electron chi connectivity index (χ0n) is 19.7. The van der Waals surface area contributed by atoms with Crippen LogP contribution >= 0.6 is 23.1 Å². The van der Waals surface area contributed by atoms with E-state index in [4.69, 9.17) is 4.74 Å². The van der Waals surface area contributed by atoms with Crippen molar-refractivity contribution in [2.75, 3.05) is 17.7 Å². The van der Waals surface area contributed by atoms with E-state index in [1.165, 1.54) is 22.0 Å². The number of thiophene rings is 1. The maximum Gasteiger partial charge on any atom is 0.341 e. The molecule has 0 fully saturated rings. The molecule has 1 atom stereocenters. The first-order valence-electron chi connectivity index (χ1n) is 11.5. The fourth-order valence-electron chi connectivity index (χ4n) is 4.40. The van der Waals surface area contributed by atoms with E-state index in [0.717, 1.165) is 35.1 Å². The number of benzene rings is 2. The highest BCUT2D eigenvalue weighted by Gasteiger charge is 2.34. The molecule has 1 aromatic heterocycles. The molecular weight excluding hydrogens is 450 g/mol. The Morgan fingerprint density at radius 2 is 1.91 bits per heavy atom. The molecule has 1 aliphatic carbocycles. The molecule has 0 saturated heterocycles. The number of hydrogen-bond donors (Lipinski definition) is 1. The minimum absolute atomic E-state index is 0.107. The first kappa shape index (κ1) is 23.8. The van der Waals surface area contributed by atoms with E-state index >= 15 is 0 Å². The van der Waals surface area contributed by atoms with Gasteiger partial charge in [0, 0.05) is 9.77 Å². The van der Waals surface area contributed by atoms with E-state index < -0.39 is 0 Å². The van der Waals surface area contributed by atoms with Crippen molar-refractivity contribution in [2.45, 2.75) is 51.9 Å². The van der Waals surface area contributed by atoms with Crippen LogP contribution < -0.4 is 5.32 Å². The highest BCUT2D eigenvalue weighted by atomic mass is 32.2. The minimum Gasteiger partial charge on any atom is -0.462 e. The number of anilines is 1. The summed E-state index contributed by atoms with van der Waals surface area (Å²) in [4.78, 5) is 27.9. The molecule has 1 N–H and O–H groups in total. The molecule has 0 spiro atoms. The second-order valence-electron chi connectivity index (χ2n) is 9.58. The molecule has 1 aliphatic rings. The maximum atomic E-state index is 12.8. The van der Waals surface area contributed by atoms with Gasteiger partial charge in [0.2, 0.25) is 5.91 Å². The van der Waals surface area contributed by atoms with Crippen LogP contribution in [0, 0.1) is 11.3 Å². The van der Waals surface area contributed by atoms with E-state index in [2.05, 4.69) is 50.4 Å². The van der Waals surface area contributed by atoms with Crippen molar-refractivity contribution in [2.24, 2.45) is 11.3 Å². The zero-order chi connectivity index (χ0) is 23.6. The van der Waals surface area contributed by atoms with Crippen LogP contribution in [0.1, 0.15) is 54.9 Å². The first-order valence-corrected chi connectivity index (χ1v) is 13.3. The van der Waals surface area contributed by atoms with Crippen LogP contribution in [0.2, 0.25) is 0 Å². The van der Waals surface area contributed by atoms with Gasteiger partial charge in [-0.2, -0.15) is 0 Å². The molecule has 2 aromatic carbocycles. The molecule has 174 valence electrons. The second kappa shape index (κ2) is 9.90. The third-order valence-corrected chi connectivity index (χ3v) is 8.48. The lowest BCUT2D eigenvalue weighted by atomic mass is 9.72. The smallest absolute Gasteiger partial charge is 0.341 e. The van der Waals surface area contributed by atoms with Crippen LogP contribution in [0.4, 0.5) is 5.00 Å². The minimum atomic E-state index is -0.332. The molecule has 0 saturated carbocycles. The Bertz CT molecular complexity index is 1180. The van der Waals surface area contributed by atoms with Gasteiger partial charge in [0.05, 0.1) is 17.9 Å². The van der Waals surface area contributed by atoms with Gasteiger partial charge in [0.25, 0.3) is 0 Å². The van der Waals surface area contributed by atoms with Crippen molar-refractivity contribution in [3.8, 4) is 0 Å². The lowest BCUT2D eigenvalue weighted by Gasteiger charge is -2.33. The number of thioether (sulfide) groups is 1. The number of carbonyl (C=O) groups excluding carboxylic acids is 2. The summed E-state index contributed by atoms with van der Waals surface area (Å²) < 4.78 is 5.35. The molecule has 3 aromatic rings. The van der Waals surface area contributed by atoms with Crippen LogP contribution in [0.3, 0.4) is 0 Å². The van der Waals surface area contributed by atoms with Gasteiger partial charge < -0.3 is 10.1 Å². The summed E-state index contributed by atoms with van der Waals surface area (Å²) in [5.41, 5.74) is 1.84. The summed E-state index contributed by atoms with van der Waals surface area (Å²) >= 11 is 3.05. The molecule has 33 heavy (non-hydrogen) atoms. The molecule has 4 nitrogen and oxygen atoms in total. The standard InChI is InChI=1S/C27H31NO3S2/c1-5-31-26(30)24-21-13-11-19(27(2,3)4)15-22(21)33-25(24)28-23(29)16-32-20-12-10-17-8-6-7-9-18(17)14-20/h6-10,12,14,19H,5,11,13,15-16H2,1-4H3,(H,28,29)/t19-/m0/s1. The summed E-state index contributed by atoms with van der Waals surface area (Å²) in [5.74, 6) is 0.408. The summed E-state index contributed by atoms with van der Waals surface area (Å²) in [7, 11) is 0. The molecule has 1 heterocycles. The van der Waals surface area contributed by atoms with Crippen molar-refractivity contribution in [1.82, 2.24) is 0 Å². The van der Waals surface area contributed by atoms with Gasteiger partial charge in [0.15, 0.2) is 0 Å². The van der Waals surface area contributed by atoms with Gasteiger partial charge in [-0.25, -0.2) is 4.79 Å². The van der Waals surface area contributed by atoms with Gasteiger partial charge in [-0.15, -0.1) is 23.1 Å². The number of carbonyl (C=O) groups is 2. The van der Waals surface area contributed by atoms with Gasteiger partial charge >= 0.3 is 5.97 Å². The van der Waals surface area contributed by atoms with Gasteiger partial charge in [-0.3, -0.25) is 4.79 Å². The number of esters is 1. The number of ether oxygens (including phenoxy) is 1. The quantitative estimate of drug-likeness (QED) is 0.305. The lowest BCUT2D eigenvalue weighted by molar-refractivity contribution is -0.113. The van der Waals surface area contributed by atoms with Crippen molar-refractivity contribution in [3.05, 3.63) is 58.5 Å². The lowest BCUT2D eigenvalue weighted by Crippen LogP contribution is -2.26. The van der Waals surface area contributed by atoms with Crippen molar-refractivity contribution >= 4 is 50.7 Å². The van der Waals surface area contributed by atoms with E-state index in [1.54, 1.807) is 11.3 Å². The predicted molar refractivity (Wildman–Crippen MR) is 139 cm³/mol. The first-order chi connectivity index (χ1) is 15.8. The number of fused-ring (bicyclic) bond motifs is 2. The van der Waals surface area contributed by atoms with Gasteiger partial charge in [-0.05, 0) is 66.0 Å². The van der Waals surface area contributed by atoms with Crippen LogP contribution in [0.5, 0.6) is 0 Å². The summed E-state index contributed by atoms with van der Waals surface area (Å²) in [6.07, 6.45) is 2.84. The average molecular weight is 482 g/mol. The molecule has 0 aliphatic heterocycles. The van der Waals surface area contributed by atoms with Crippen LogP contribution in [0.25, 0.3) is 10.8 Å². The third-order valence-electron chi connectivity index (χ3n) is 6.31. The van der Waals surface area contributed by atoms with Gasteiger partial charge in [-0.1, -0.05) is 51.1 Å². The van der Waals surface area contributed by atoms with Crippen molar-refractivity contribution in [3.63, 3.8) is 0 Å². The fourth-order valence-corrected chi connectivity index (χ4v) is 6.48. The summed E-state index contributed by atoms with van der Waals surface area (Å²) in [5, 5.41) is 6.00. The number of rotatable bonds is 6. The van der Waals surface area contributed by atoms with Crippen molar-refractivity contribution in [1.29, 1.82) is 0 Å². The Balaban J connectivity index is 1.50. The second-order valence-corrected chi connectivity index (χ2v) is 11.7. The Kier molecular flexibility index (Phi) is 7.15. The zero-order valence-corrected chi connectivity index (χ0v) is 21.3. The maximum absolute atomic E-state index is 12.8. The topological polar surface area (TPSA) is 55.4 Å². The van der Waals surface area contributed by atoms with Crippen LogP contribution in [0.15, 0.2) is 47.4 Å². The number of nitrogens with one attached hydrogen (secondary N) is 1. The Hall–Kier alpha value is -2.31. The van der Waals surface area contributed by atoms with Gasteiger partial charge in [0.1, 0.15) is 5.00 Å². The highest BCUT2D eigenvalue weighted by Crippen LogP contribution is 2.44. The molecular formula is C27H31NO3S2. The third kappa shape index (κ3) is 5.44. The molecule has 0 radical (unpaired) electrons. The predicted octanol–water partition coefficient (Wildman–Crippen LogP) is 6.96. The molecule has 1 amide bonds. The van der Waals surface area contributed by atoms with E-state index in [9.17, 15) is 9.59 Å².